The number of esters is 1. The van der Waals surface area contributed by atoms with Crippen molar-refractivity contribution in [1.29, 1.82) is 0 Å². The summed E-state index contributed by atoms with van der Waals surface area (Å²) in [6.45, 7) is 4.49. The quantitative estimate of drug-likeness (QED) is 0.470. The Morgan fingerprint density at radius 2 is 1.89 bits per heavy atom. The summed E-state index contributed by atoms with van der Waals surface area (Å²) < 4.78 is 25.0. The van der Waals surface area contributed by atoms with E-state index in [1.54, 1.807) is 26.0 Å². The van der Waals surface area contributed by atoms with Crippen LogP contribution in [0.4, 0.5) is 39.2 Å². The molecule has 2 aliphatic rings. The maximum absolute atomic E-state index is 14.4. The Hall–Kier alpha value is -4.48. The van der Waals surface area contributed by atoms with E-state index in [1.165, 1.54) is 0 Å². The van der Waals surface area contributed by atoms with Gasteiger partial charge in [-0.1, -0.05) is 0 Å². The van der Waals surface area contributed by atoms with Gasteiger partial charge in [0, 0.05) is 11.4 Å². The smallest absolute Gasteiger partial charge is 0.325 e. The molecule has 2 aliphatic heterocycles. The highest BCUT2D eigenvalue weighted by Gasteiger charge is 2.36. The molecule has 3 N–H and O–H groups in total. The van der Waals surface area contributed by atoms with Crippen molar-refractivity contribution in [3.63, 3.8) is 0 Å². The first kappa shape index (κ1) is 22.3. The molecule has 1 fully saturated rings. The summed E-state index contributed by atoms with van der Waals surface area (Å²) in [7, 11) is 0. The van der Waals surface area contributed by atoms with Crippen LogP contribution in [0.15, 0.2) is 42.6 Å². The number of cyclic esters (lactones) is 1. The average molecular weight is 479 g/mol. The highest BCUT2D eigenvalue weighted by Crippen LogP contribution is 2.33. The molecule has 0 bridgehead atoms. The number of aromatic nitrogens is 3. The van der Waals surface area contributed by atoms with Crippen molar-refractivity contribution in [2.24, 2.45) is 0 Å². The zero-order valence-electron chi connectivity index (χ0n) is 19.0. The Balaban J connectivity index is 1.29. The third kappa shape index (κ3) is 4.76. The summed E-state index contributed by atoms with van der Waals surface area (Å²) in [5.41, 5.74) is 0.550. The van der Waals surface area contributed by atoms with Crippen LogP contribution < -0.4 is 25.6 Å². The minimum Gasteiger partial charge on any atom is -0.474 e. The van der Waals surface area contributed by atoms with E-state index in [2.05, 4.69) is 30.9 Å². The van der Waals surface area contributed by atoms with Crippen molar-refractivity contribution in [3.05, 3.63) is 48.4 Å². The van der Waals surface area contributed by atoms with Gasteiger partial charge in [-0.25, -0.2) is 14.4 Å². The van der Waals surface area contributed by atoms with Crippen LogP contribution in [-0.2, 0) is 14.3 Å². The lowest BCUT2D eigenvalue weighted by Gasteiger charge is -2.30. The molecule has 0 radical (unpaired) electrons. The number of amides is 1. The van der Waals surface area contributed by atoms with Gasteiger partial charge in [-0.15, -0.1) is 0 Å². The molecular formula is C23H22FN7O4. The topological polar surface area (TPSA) is 131 Å². The van der Waals surface area contributed by atoms with E-state index in [0.29, 0.717) is 24.6 Å². The van der Waals surface area contributed by atoms with Crippen molar-refractivity contribution in [3.8, 4) is 5.75 Å². The second kappa shape index (κ2) is 8.70. The van der Waals surface area contributed by atoms with Gasteiger partial charge in [-0.3, -0.25) is 9.59 Å². The van der Waals surface area contributed by atoms with Crippen LogP contribution in [-0.4, -0.2) is 52.1 Å². The van der Waals surface area contributed by atoms with E-state index in [0.717, 1.165) is 11.9 Å². The molecule has 0 atom stereocenters. The summed E-state index contributed by atoms with van der Waals surface area (Å²) >= 11 is 0. The number of anilines is 6. The highest BCUT2D eigenvalue weighted by atomic mass is 19.1. The fourth-order valence-electron chi connectivity index (χ4n) is 3.56. The van der Waals surface area contributed by atoms with E-state index >= 15 is 0 Å². The zero-order chi connectivity index (χ0) is 24.6. The predicted molar refractivity (Wildman–Crippen MR) is 126 cm³/mol. The van der Waals surface area contributed by atoms with Crippen LogP contribution in [0.3, 0.4) is 0 Å². The predicted octanol–water partition coefficient (Wildman–Crippen LogP) is 2.97. The van der Waals surface area contributed by atoms with Gasteiger partial charge in [0.15, 0.2) is 28.8 Å². The number of halogens is 1. The second-order valence-corrected chi connectivity index (χ2v) is 8.44. The van der Waals surface area contributed by atoms with Crippen molar-refractivity contribution in [1.82, 2.24) is 15.0 Å². The van der Waals surface area contributed by atoms with Gasteiger partial charge in [0.2, 0.25) is 5.95 Å². The number of benzene rings is 1. The van der Waals surface area contributed by atoms with Crippen LogP contribution in [0.25, 0.3) is 0 Å². The number of hydrogen-bond acceptors (Lipinski definition) is 10. The first-order valence-electron chi connectivity index (χ1n) is 10.9. The molecule has 0 unspecified atom stereocenters. The Labute approximate surface area is 199 Å². The van der Waals surface area contributed by atoms with Crippen molar-refractivity contribution in [2.45, 2.75) is 19.4 Å². The number of nitrogens with zero attached hydrogens (tertiary/aromatic N) is 4. The third-order valence-corrected chi connectivity index (χ3v) is 5.43. The number of fused-ring (bicyclic) bond motifs is 1. The molecule has 12 heteroatoms. The molecule has 2 aromatic heterocycles. The molecule has 3 aromatic rings. The van der Waals surface area contributed by atoms with E-state index in [-0.39, 0.29) is 41.8 Å². The number of rotatable bonds is 5. The minimum absolute atomic E-state index is 0.0956. The van der Waals surface area contributed by atoms with Crippen LogP contribution in [0.5, 0.6) is 5.75 Å². The lowest BCUT2D eigenvalue weighted by molar-refractivity contribution is -0.143. The average Bonchev–Trinajstić information content (AvgIpc) is 2.82. The summed E-state index contributed by atoms with van der Waals surface area (Å²) in [6.07, 6.45) is 1.04. The Kier molecular flexibility index (Phi) is 5.55. The SMILES string of the molecule is CC1(C)Oc2ccc(Nc3nc(Nc4ccc(N5CCOC(=O)C5)cc4)ncc3F)nc2NC1=O. The number of hydrogen-bond donors (Lipinski definition) is 3. The van der Waals surface area contributed by atoms with Crippen LogP contribution in [0.1, 0.15) is 13.8 Å². The maximum Gasteiger partial charge on any atom is 0.325 e. The van der Waals surface area contributed by atoms with Gasteiger partial charge in [0.25, 0.3) is 5.91 Å². The number of carbonyl (C=O) groups excluding carboxylic acids is 2. The minimum atomic E-state index is -1.01. The summed E-state index contributed by atoms with van der Waals surface area (Å²) in [5.74, 6) is -0.291. The Morgan fingerprint density at radius 1 is 1.09 bits per heavy atom. The lowest BCUT2D eigenvalue weighted by atomic mass is 10.1. The van der Waals surface area contributed by atoms with Gasteiger partial charge >= 0.3 is 5.97 Å². The summed E-state index contributed by atoms with van der Waals surface area (Å²) in [6, 6.07) is 10.6. The summed E-state index contributed by atoms with van der Waals surface area (Å²) in [4.78, 5) is 38.0. The van der Waals surface area contributed by atoms with Gasteiger partial charge < -0.3 is 30.3 Å². The van der Waals surface area contributed by atoms with Gasteiger partial charge in [-0.2, -0.15) is 4.98 Å². The third-order valence-electron chi connectivity index (χ3n) is 5.43. The highest BCUT2D eigenvalue weighted by molar-refractivity contribution is 5.99. The maximum atomic E-state index is 14.4. The van der Waals surface area contributed by atoms with Crippen LogP contribution >= 0.6 is 0 Å². The molecule has 1 amide bonds. The van der Waals surface area contributed by atoms with Crippen LogP contribution in [0, 0.1) is 5.82 Å². The molecule has 0 aliphatic carbocycles. The fraction of sp³-hybridized carbons (Fsp3) is 0.261. The van der Waals surface area contributed by atoms with Crippen LogP contribution in [0.2, 0.25) is 0 Å². The van der Waals surface area contributed by atoms with Gasteiger partial charge in [0.1, 0.15) is 19.0 Å². The molecule has 0 saturated carbocycles. The lowest BCUT2D eigenvalue weighted by Crippen LogP contribution is -2.46. The zero-order valence-corrected chi connectivity index (χ0v) is 19.0. The molecule has 4 heterocycles. The fourth-order valence-corrected chi connectivity index (χ4v) is 3.56. The van der Waals surface area contributed by atoms with Crippen molar-refractivity contribution in [2.75, 3.05) is 40.5 Å². The number of nitrogens with one attached hydrogen (secondary N) is 3. The van der Waals surface area contributed by atoms with Crippen molar-refractivity contribution < 1.29 is 23.5 Å². The monoisotopic (exact) mass is 479 g/mol. The summed E-state index contributed by atoms with van der Waals surface area (Å²) in [5, 5.41) is 8.51. The second-order valence-electron chi connectivity index (χ2n) is 8.44. The molecule has 11 nitrogen and oxygen atoms in total. The largest absolute Gasteiger partial charge is 0.474 e. The molecule has 1 aromatic carbocycles. The molecule has 180 valence electrons. The number of pyridine rings is 1. The molecule has 0 spiro atoms. The number of carbonyl (C=O) groups is 2. The molecule has 1 saturated heterocycles. The number of morpholine rings is 1. The standard InChI is InChI=1S/C23H22FN7O4/c1-23(2)21(33)29-20-16(35-23)7-8-17(28-20)27-19-15(24)11-25-22(30-19)26-13-3-5-14(6-4-13)31-9-10-34-18(32)12-31/h3-8,11H,9-10,12H2,1-2H3,(H3,25,26,27,28,29,30,33). The van der Waals surface area contributed by atoms with Gasteiger partial charge in [0.05, 0.1) is 12.7 Å². The van der Waals surface area contributed by atoms with Gasteiger partial charge in [-0.05, 0) is 50.2 Å². The van der Waals surface area contributed by atoms with Crippen molar-refractivity contribution >= 4 is 46.7 Å². The number of ether oxygens (including phenoxy) is 2. The van der Waals surface area contributed by atoms with E-state index < -0.39 is 11.4 Å². The molecule has 35 heavy (non-hydrogen) atoms. The van der Waals surface area contributed by atoms with E-state index in [9.17, 15) is 14.0 Å². The Morgan fingerprint density at radius 3 is 2.66 bits per heavy atom. The normalized spacial score (nSPS) is 16.5. The van der Waals surface area contributed by atoms with E-state index in [4.69, 9.17) is 9.47 Å². The first-order chi connectivity index (χ1) is 16.8. The molecular weight excluding hydrogens is 457 g/mol. The molecule has 5 rings (SSSR count). The van der Waals surface area contributed by atoms with E-state index in [1.807, 2.05) is 29.2 Å². The Bertz CT molecular complexity index is 1300. The first-order valence-corrected chi connectivity index (χ1v) is 10.9.